The van der Waals surface area contributed by atoms with E-state index in [0.717, 1.165) is 6.08 Å². The molecule has 1 aliphatic carbocycles. The second kappa shape index (κ2) is 6.27. The maximum absolute atomic E-state index is 11.1. The molecule has 23 heavy (non-hydrogen) atoms. The molecule has 9 heteroatoms. The van der Waals surface area contributed by atoms with E-state index in [-0.39, 0.29) is 35.6 Å². The van der Waals surface area contributed by atoms with Crippen LogP contribution < -0.4 is 0 Å². The van der Waals surface area contributed by atoms with E-state index in [1.807, 2.05) is 0 Å². The van der Waals surface area contributed by atoms with Gasteiger partial charge in [-0.2, -0.15) is 4.76 Å². The number of phenols is 1. The van der Waals surface area contributed by atoms with Crippen molar-refractivity contribution in [3.05, 3.63) is 53.3 Å². The molecule has 2 rings (SSSR count). The van der Waals surface area contributed by atoms with E-state index < -0.39 is 13.5 Å². The van der Waals surface area contributed by atoms with E-state index in [2.05, 4.69) is 4.76 Å². The van der Waals surface area contributed by atoms with Crippen LogP contribution in [0.2, 0.25) is 0 Å². The van der Waals surface area contributed by atoms with Crippen LogP contribution in [0, 0.1) is 0 Å². The molecular weight excluding hydrogens is 325 g/mol. The SMILES string of the molecule is O=P(O)(O)N=C1CC=C(O)C=C1C(O)(O)Cc1cccc(O)c1. The van der Waals surface area contributed by atoms with Crippen LogP contribution in [0.25, 0.3) is 0 Å². The van der Waals surface area contributed by atoms with Gasteiger partial charge in [0.25, 0.3) is 0 Å². The first-order valence-electron chi connectivity index (χ1n) is 6.56. The van der Waals surface area contributed by atoms with Crippen molar-refractivity contribution in [3.8, 4) is 5.75 Å². The highest BCUT2D eigenvalue weighted by molar-refractivity contribution is 7.50. The fraction of sp³-hybridized carbons (Fsp3) is 0.214. The zero-order valence-electron chi connectivity index (χ0n) is 11.9. The summed E-state index contributed by atoms with van der Waals surface area (Å²) in [7, 11) is -4.78. The van der Waals surface area contributed by atoms with E-state index in [1.165, 1.54) is 24.3 Å². The first kappa shape index (κ1) is 17.4. The molecule has 1 aromatic carbocycles. The number of rotatable bonds is 4. The minimum Gasteiger partial charge on any atom is -0.508 e. The summed E-state index contributed by atoms with van der Waals surface area (Å²) in [6.07, 6.45) is 1.69. The molecule has 0 atom stereocenters. The number of hydrogen-bond donors (Lipinski definition) is 6. The van der Waals surface area contributed by atoms with E-state index in [0.29, 0.717) is 5.56 Å². The lowest BCUT2D eigenvalue weighted by Gasteiger charge is -2.27. The molecule has 0 fully saturated rings. The average molecular weight is 341 g/mol. The van der Waals surface area contributed by atoms with Crippen LogP contribution in [0.15, 0.2) is 52.5 Å². The monoisotopic (exact) mass is 341 g/mol. The number of aliphatic hydroxyl groups is 3. The predicted molar refractivity (Wildman–Crippen MR) is 81.9 cm³/mol. The van der Waals surface area contributed by atoms with Crippen LogP contribution >= 0.6 is 7.75 Å². The van der Waals surface area contributed by atoms with Gasteiger partial charge in [-0.25, -0.2) is 4.57 Å². The smallest absolute Gasteiger partial charge is 0.448 e. The van der Waals surface area contributed by atoms with Gasteiger partial charge in [0.1, 0.15) is 11.5 Å². The van der Waals surface area contributed by atoms with E-state index in [4.69, 9.17) is 9.79 Å². The summed E-state index contributed by atoms with van der Waals surface area (Å²) in [4.78, 5) is 17.9. The number of aromatic hydroxyl groups is 1. The topological polar surface area (TPSA) is 151 Å². The highest BCUT2D eigenvalue weighted by Gasteiger charge is 2.35. The fourth-order valence-corrected chi connectivity index (χ4v) is 2.75. The molecule has 124 valence electrons. The van der Waals surface area contributed by atoms with E-state index in [1.54, 1.807) is 6.07 Å². The van der Waals surface area contributed by atoms with Crippen LogP contribution in [0.1, 0.15) is 12.0 Å². The van der Waals surface area contributed by atoms with E-state index >= 15 is 0 Å². The third-order valence-corrected chi connectivity index (χ3v) is 3.65. The molecule has 0 heterocycles. The molecule has 0 radical (unpaired) electrons. The van der Waals surface area contributed by atoms with Crippen molar-refractivity contribution >= 4 is 13.5 Å². The van der Waals surface area contributed by atoms with Crippen LogP contribution in [0.5, 0.6) is 5.75 Å². The maximum atomic E-state index is 11.1. The lowest BCUT2D eigenvalue weighted by atomic mass is 9.90. The summed E-state index contributed by atoms with van der Waals surface area (Å²) in [5.41, 5.74) is -0.175. The third-order valence-electron chi connectivity index (χ3n) is 3.15. The van der Waals surface area contributed by atoms with Crippen molar-refractivity contribution in [3.63, 3.8) is 0 Å². The third kappa shape index (κ3) is 4.75. The Bertz CT molecular complexity index is 745. The number of nitrogens with zero attached hydrogens (tertiary/aromatic N) is 1. The van der Waals surface area contributed by atoms with Crippen LogP contribution in [0.4, 0.5) is 0 Å². The summed E-state index contributed by atoms with van der Waals surface area (Å²) in [6.45, 7) is 0. The molecule has 0 aliphatic heterocycles. The van der Waals surface area contributed by atoms with Gasteiger partial charge >= 0.3 is 7.75 Å². The standard InChI is InChI=1S/C14H16NO7P/c16-10-3-1-2-9(6-10)8-14(18,19)12-7-11(17)4-5-13(12)15-23(20,21)22/h1-4,6-7,16-19H,5,8H2,(H2,20,21,22). The largest absolute Gasteiger partial charge is 0.508 e. The number of phenolic OH excluding ortho intramolecular Hbond substituents is 1. The van der Waals surface area contributed by atoms with Crippen molar-refractivity contribution in [2.75, 3.05) is 0 Å². The van der Waals surface area contributed by atoms with Gasteiger partial charge in [0, 0.05) is 18.4 Å². The first-order chi connectivity index (χ1) is 10.6. The van der Waals surface area contributed by atoms with Crippen molar-refractivity contribution in [2.24, 2.45) is 4.76 Å². The van der Waals surface area contributed by atoms with Crippen molar-refractivity contribution in [1.29, 1.82) is 0 Å². The minimum atomic E-state index is -4.78. The van der Waals surface area contributed by atoms with Gasteiger partial charge in [-0.3, -0.25) is 0 Å². The highest BCUT2D eigenvalue weighted by atomic mass is 31.2. The lowest BCUT2D eigenvalue weighted by molar-refractivity contribution is -0.122. The average Bonchev–Trinajstić information content (AvgIpc) is 2.38. The van der Waals surface area contributed by atoms with E-state index in [9.17, 15) is 25.0 Å². The minimum absolute atomic E-state index is 0.0669. The molecule has 1 aromatic rings. The van der Waals surface area contributed by atoms with Crippen molar-refractivity contribution < 1.29 is 34.8 Å². The number of aliphatic hydroxyl groups excluding tert-OH is 1. The molecule has 0 spiro atoms. The number of allylic oxidation sites excluding steroid dienone is 2. The normalized spacial score (nSPS) is 17.8. The Balaban J connectivity index is 2.39. The van der Waals surface area contributed by atoms with Gasteiger partial charge in [-0.1, -0.05) is 12.1 Å². The molecule has 0 amide bonds. The van der Waals surface area contributed by atoms with Crippen molar-refractivity contribution in [1.82, 2.24) is 0 Å². The van der Waals surface area contributed by atoms with Gasteiger partial charge < -0.3 is 30.2 Å². The Morgan fingerprint density at radius 2 is 1.91 bits per heavy atom. The Kier molecular flexibility index (Phi) is 4.74. The van der Waals surface area contributed by atoms with Crippen LogP contribution in [-0.4, -0.2) is 41.7 Å². The maximum Gasteiger partial charge on any atom is 0.448 e. The summed E-state index contributed by atoms with van der Waals surface area (Å²) >= 11 is 0. The van der Waals surface area contributed by atoms with Crippen LogP contribution in [0.3, 0.4) is 0 Å². The molecule has 1 aliphatic rings. The Morgan fingerprint density at radius 1 is 1.22 bits per heavy atom. The number of benzene rings is 1. The quantitative estimate of drug-likeness (QED) is 0.352. The molecular formula is C14H16NO7P. The van der Waals surface area contributed by atoms with Gasteiger partial charge in [-0.15, -0.1) is 0 Å². The Labute approximate surface area is 131 Å². The molecule has 0 saturated heterocycles. The van der Waals surface area contributed by atoms with Gasteiger partial charge in [-0.05, 0) is 29.8 Å². The predicted octanol–water partition coefficient (Wildman–Crippen LogP) is 0.921. The fourth-order valence-electron chi connectivity index (χ4n) is 2.25. The molecule has 6 N–H and O–H groups in total. The summed E-state index contributed by atoms with van der Waals surface area (Å²) in [5.74, 6) is -2.87. The zero-order chi connectivity index (χ0) is 17.3. The Morgan fingerprint density at radius 3 is 2.52 bits per heavy atom. The molecule has 0 bridgehead atoms. The summed E-state index contributed by atoms with van der Waals surface area (Å²) in [6, 6.07) is 5.78. The number of hydrogen-bond acceptors (Lipinski definition) is 5. The molecule has 0 saturated carbocycles. The van der Waals surface area contributed by atoms with Gasteiger partial charge in [0.05, 0.1) is 5.71 Å². The lowest BCUT2D eigenvalue weighted by Crippen LogP contribution is -2.38. The molecule has 0 aromatic heterocycles. The van der Waals surface area contributed by atoms with Gasteiger partial charge in [0.15, 0.2) is 5.79 Å². The Hall–Kier alpha value is -1.96. The first-order valence-corrected chi connectivity index (χ1v) is 8.12. The van der Waals surface area contributed by atoms with Crippen molar-refractivity contribution in [2.45, 2.75) is 18.6 Å². The highest BCUT2D eigenvalue weighted by Crippen LogP contribution is 2.39. The molecule has 8 nitrogen and oxygen atoms in total. The second-order valence-electron chi connectivity index (χ2n) is 5.11. The zero-order valence-corrected chi connectivity index (χ0v) is 12.8. The van der Waals surface area contributed by atoms with Gasteiger partial charge in [0.2, 0.25) is 0 Å². The second-order valence-corrected chi connectivity index (χ2v) is 6.34. The molecule has 0 unspecified atom stereocenters. The summed E-state index contributed by atoms with van der Waals surface area (Å²) in [5, 5.41) is 39.6. The summed E-state index contributed by atoms with van der Waals surface area (Å²) < 4.78 is 14.3. The van der Waals surface area contributed by atoms with Crippen LogP contribution in [-0.2, 0) is 11.0 Å².